The number of anilines is 2. The highest BCUT2D eigenvalue weighted by Crippen LogP contribution is 2.32. The number of hydrogen-bond donors (Lipinski definition) is 2. The van der Waals surface area contributed by atoms with Gasteiger partial charge in [0.1, 0.15) is 0 Å². The number of aromatic nitrogens is 2. The number of rotatable bonds is 1. The molecule has 0 bridgehead atoms. The van der Waals surface area contributed by atoms with Crippen molar-refractivity contribution >= 4 is 43.3 Å². The van der Waals surface area contributed by atoms with Gasteiger partial charge in [-0.15, -0.1) is 0 Å². The van der Waals surface area contributed by atoms with E-state index in [1.807, 2.05) is 31.1 Å². The third kappa shape index (κ3) is 1.53. The zero-order chi connectivity index (χ0) is 12.9. The Balaban J connectivity index is 2.44. The van der Waals surface area contributed by atoms with Crippen LogP contribution in [0.3, 0.4) is 0 Å². The molecule has 0 aliphatic carbocycles. The van der Waals surface area contributed by atoms with Gasteiger partial charge in [0, 0.05) is 19.5 Å². The second-order valence-corrected chi connectivity index (χ2v) is 5.33. The van der Waals surface area contributed by atoms with Crippen molar-refractivity contribution in [2.75, 3.05) is 24.7 Å². The van der Waals surface area contributed by atoms with Crippen LogP contribution in [0, 0.1) is 0 Å². The number of H-pyrrole nitrogens is 1. The number of nitrogen functional groups attached to an aromatic ring is 1. The summed E-state index contributed by atoms with van der Waals surface area (Å²) in [5, 5.41) is 1.82. The van der Waals surface area contributed by atoms with Crippen molar-refractivity contribution in [1.82, 2.24) is 9.97 Å². The Morgan fingerprint density at radius 1 is 1.39 bits per heavy atom. The van der Waals surface area contributed by atoms with Crippen LogP contribution in [0.4, 0.5) is 10.8 Å². The fourth-order valence-electron chi connectivity index (χ4n) is 1.86. The lowest BCUT2D eigenvalue weighted by atomic mass is 10.2. The second-order valence-electron chi connectivity index (χ2n) is 4.32. The molecule has 3 N–H and O–H groups in total. The molecule has 0 unspecified atom stereocenters. The zero-order valence-corrected chi connectivity index (χ0v) is 10.8. The number of benzene rings is 1. The normalized spacial score (nSPS) is 11.2. The lowest BCUT2D eigenvalue weighted by Crippen LogP contribution is -2.10. The van der Waals surface area contributed by atoms with Crippen molar-refractivity contribution < 1.29 is 0 Å². The summed E-state index contributed by atoms with van der Waals surface area (Å²) in [7, 11) is 3.91. The number of aromatic amines is 1. The summed E-state index contributed by atoms with van der Waals surface area (Å²) in [4.78, 5) is 20.8. The largest absolute Gasteiger partial charge is 0.394 e. The third-order valence-corrected chi connectivity index (χ3v) is 3.97. The van der Waals surface area contributed by atoms with Gasteiger partial charge in [-0.2, -0.15) is 0 Å². The monoisotopic (exact) mass is 260 g/mol. The highest BCUT2D eigenvalue weighted by atomic mass is 32.1. The highest BCUT2D eigenvalue weighted by molar-refractivity contribution is 7.22. The maximum atomic E-state index is 11.5. The molecule has 6 heteroatoms. The number of nitrogens with zero attached hydrogens (tertiary/aromatic N) is 2. The number of pyridine rings is 1. The molecule has 0 aliphatic rings. The smallest absolute Gasteiger partial charge is 0.271 e. The maximum Gasteiger partial charge on any atom is 0.271 e. The van der Waals surface area contributed by atoms with Crippen LogP contribution in [0.25, 0.3) is 21.1 Å². The standard InChI is InChI=1S/C12H12N4OS/c1-16(2)12-15-10-6-5-7(13)11(17)14-8(6)3-4-9(10)18-12/h3-5H,13H2,1-2H3,(H,14,17). The molecule has 0 amide bonds. The number of hydrogen-bond acceptors (Lipinski definition) is 5. The predicted molar refractivity (Wildman–Crippen MR) is 76.5 cm³/mol. The molecule has 0 radical (unpaired) electrons. The van der Waals surface area contributed by atoms with E-state index in [1.165, 1.54) is 0 Å². The van der Waals surface area contributed by atoms with Gasteiger partial charge >= 0.3 is 0 Å². The molecule has 92 valence electrons. The van der Waals surface area contributed by atoms with Gasteiger partial charge < -0.3 is 15.6 Å². The van der Waals surface area contributed by atoms with Crippen molar-refractivity contribution in [1.29, 1.82) is 0 Å². The molecule has 1 aromatic carbocycles. The van der Waals surface area contributed by atoms with Crippen LogP contribution in [0.1, 0.15) is 0 Å². The van der Waals surface area contributed by atoms with Crippen LogP contribution < -0.4 is 16.2 Å². The van der Waals surface area contributed by atoms with E-state index < -0.39 is 0 Å². The molecule has 0 atom stereocenters. The number of fused-ring (bicyclic) bond motifs is 3. The molecule has 2 heterocycles. The van der Waals surface area contributed by atoms with E-state index in [0.717, 1.165) is 26.3 Å². The Kier molecular flexibility index (Phi) is 2.27. The summed E-state index contributed by atoms with van der Waals surface area (Å²) in [5.41, 5.74) is 7.26. The minimum absolute atomic E-state index is 0.217. The average molecular weight is 260 g/mol. The molecule has 18 heavy (non-hydrogen) atoms. The van der Waals surface area contributed by atoms with E-state index in [0.29, 0.717) is 0 Å². The van der Waals surface area contributed by atoms with E-state index in [4.69, 9.17) is 5.73 Å². The topological polar surface area (TPSA) is 75.0 Å². The molecular formula is C12H12N4OS. The zero-order valence-electron chi connectivity index (χ0n) is 10.0. The van der Waals surface area contributed by atoms with Crippen LogP contribution in [0.2, 0.25) is 0 Å². The lowest BCUT2D eigenvalue weighted by Gasteiger charge is -2.04. The molecule has 0 spiro atoms. The number of nitrogens with one attached hydrogen (secondary N) is 1. The van der Waals surface area contributed by atoms with Crippen LogP contribution in [-0.4, -0.2) is 24.1 Å². The summed E-state index contributed by atoms with van der Waals surface area (Å²) >= 11 is 1.61. The Bertz CT molecular complexity index is 803. The predicted octanol–water partition coefficient (Wildman–Crippen LogP) is 1.79. The molecule has 0 saturated carbocycles. The van der Waals surface area contributed by atoms with E-state index in [2.05, 4.69) is 9.97 Å². The Hall–Kier alpha value is -2.08. The summed E-state index contributed by atoms with van der Waals surface area (Å²) < 4.78 is 1.08. The van der Waals surface area contributed by atoms with Gasteiger partial charge in [0.15, 0.2) is 5.13 Å². The van der Waals surface area contributed by atoms with Gasteiger partial charge in [-0.1, -0.05) is 11.3 Å². The van der Waals surface area contributed by atoms with Crippen LogP contribution in [0.15, 0.2) is 23.0 Å². The molecular weight excluding hydrogens is 248 g/mol. The number of nitrogens with two attached hydrogens (primary N) is 1. The Morgan fingerprint density at radius 3 is 2.89 bits per heavy atom. The van der Waals surface area contributed by atoms with Gasteiger partial charge in [-0.05, 0) is 18.2 Å². The third-order valence-electron chi connectivity index (χ3n) is 2.78. The summed E-state index contributed by atoms with van der Waals surface area (Å²) in [5.74, 6) is 0. The molecule has 0 aliphatic heterocycles. The molecule has 2 aromatic heterocycles. The minimum atomic E-state index is -0.259. The van der Waals surface area contributed by atoms with E-state index >= 15 is 0 Å². The van der Waals surface area contributed by atoms with Gasteiger partial charge in [0.2, 0.25) is 0 Å². The fourth-order valence-corrected chi connectivity index (χ4v) is 2.77. The van der Waals surface area contributed by atoms with Gasteiger partial charge in [0.25, 0.3) is 5.56 Å². The lowest BCUT2D eigenvalue weighted by molar-refractivity contribution is 1.11. The van der Waals surface area contributed by atoms with Gasteiger partial charge in [-0.25, -0.2) is 4.98 Å². The highest BCUT2D eigenvalue weighted by Gasteiger charge is 2.10. The first-order chi connectivity index (χ1) is 8.56. The first-order valence-corrected chi connectivity index (χ1v) is 6.27. The molecule has 0 fully saturated rings. The van der Waals surface area contributed by atoms with Crippen molar-refractivity contribution in [3.63, 3.8) is 0 Å². The van der Waals surface area contributed by atoms with Crippen molar-refractivity contribution in [2.24, 2.45) is 0 Å². The van der Waals surface area contributed by atoms with Crippen molar-refractivity contribution in [3.8, 4) is 0 Å². The summed E-state index contributed by atoms with van der Waals surface area (Å²) in [6.45, 7) is 0. The van der Waals surface area contributed by atoms with Crippen LogP contribution in [0.5, 0.6) is 0 Å². The SMILES string of the molecule is CN(C)c1nc2c(ccc3[nH]c(=O)c(N)cc32)s1. The second kappa shape index (κ2) is 3.71. The van der Waals surface area contributed by atoms with E-state index in [-0.39, 0.29) is 11.2 Å². The first-order valence-electron chi connectivity index (χ1n) is 5.45. The summed E-state index contributed by atoms with van der Waals surface area (Å²) in [6, 6.07) is 5.54. The number of thiazole rings is 1. The van der Waals surface area contributed by atoms with Crippen molar-refractivity contribution in [3.05, 3.63) is 28.6 Å². The molecule has 3 aromatic rings. The average Bonchev–Trinajstić information content (AvgIpc) is 2.75. The maximum absolute atomic E-state index is 11.5. The first kappa shape index (κ1) is 11.0. The van der Waals surface area contributed by atoms with Crippen LogP contribution in [-0.2, 0) is 0 Å². The van der Waals surface area contributed by atoms with Gasteiger partial charge in [0.05, 0.1) is 21.4 Å². The quantitative estimate of drug-likeness (QED) is 0.699. The van der Waals surface area contributed by atoms with Gasteiger partial charge in [-0.3, -0.25) is 4.79 Å². The molecule has 5 nitrogen and oxygen atoms in total. The Labute approximate surface area is 107 Å². The fraction of sp³-hybridized carbons (Fsp3) is 0.167. The Morgan fingerprint density at radius 2 is 2.17 bits per heavy atom. The van der Waals surface area contributed by atoms with Crippen molar-refractivity contribution in [2.45, 2.75) is 0 Å². The van der Waals surface area contributed by atoms with E-state index in [9.17, 15) is 4.79 Å². The summed E-state index contributed by atoms with van der Waals surface area (Å²) in [6.07, 6.45) is 0. The molecule has 0 saturated heterocycles. The van der Waals surface area contributed by atoms with Crippen LogP contribution >= 0.6 is 11.3 Å². The minimum Gasteiger partial charge on any atom is -0.394 e. The van der Waals surface area contributed by atoms with E-state index in [1.54, 1.807) is 17.4 Å². The molecule has 3 rings (SSSR count).